The van der Waals surface area contributed by atoms with Gasteiger partial charge in [-0.15, -0.1) is 0 Å². The molecule has 32 heavy (non-hydrogen) atoms. The highest BCUT2D eigenvalue weighted by Gasteiger charge is 2.36. The third-order valence-electron chi connectivity index (χ3n) is 6.45. The SMILES string of the molecule is CCCC/C=C/CCCCCCCCCCCCCCC1=NC=C[N+]1(CCN)CC(=O)O. The van der Waals surface area contributed by atoms with Crippen molar-refractivity contribution >= 4 is 11.8 Å². The number of quaternary nitrogens is 1. The molecule has 1 aliphatic rings. The van der Waals surface area contributed by atoms with Crippen LogP contribution in [0.5, 0.6) is 0 Å². The number of unbranched alkanes of at least 4 members (excludes halogenated alkanes) is 14. The Kier molecular flexibility index (Phi) is 17.0. The van der Waals surface area contributed by atoms with E-state index in [0.717, 1.165) is 18.7 Å². The van der Waals surface area contributed by atoms with Crippen molar-refractivity contribution in [1.82, 2.24) is 0 Å². The van der Waals surface area contributed by atoms with Gasteiger partial charge in [0.15, 0.2) is 6.54 Å². The molecule has 1 aliphatic heterocycles. The molecule has 0 aromatic heterocycles. The van der Waals surface area contributed by atoms with Crippen molar-refractivity contribution in [2.75, 3.05) is 19.6 Å². The average molecular weight is 449 g/mol. The first-order chi connectivity index (χ1) is 15.6. The van der Waals surface area contributed by atoms with Gasteiger partial charge in [-0.2, -0.15) is 0 Å². The molecule has 0 aromatic carbocycles. The second-order valence-corrected chi connectivity index (χ2v) is 9.34. The second-order valence-electron chi connectivity index (χ2n) is 9.34. The van der Waals surface area contributed by atoms with Crippen LogP contribution >= 0.6 is 0 Å². The molecule has 1 unspecified atom stereocenters. The van der Waals surface area contributed by atoms with E-state index in [-0.39, 0.29) is 6.54 Å². The monoisotopic (exact) mass is 448 g/mol. The van der Waals surface area contributed by atoms with Crippen LogP contribution in [-0.2, 0) is 4.79 Å². The van der Waals surface area contributed by atoms with E-state index in [9.17, 15) is 9.90 Å². The summed E-state index contributed by atoms with van der Waals surface area (Å²) in [6.45, 7) is 3.37. The van der Waals surface area contributed by atoms with Gasteiger partial charge in [0.05, 0.1) is 6.20 Å². The Morgan fingerprint density at radius 1 is 0.906 bits per heavy atom. The predicted octanol–water partition coefficient (Wildman–Crippen LogP) is 6.94. The van der Waals surface area contributed by atoms with E-state index in [1.54, 1.807) is 6.20 Å². The van der Waals surface area contributed by atoms with Crippen LogP contribution in [0, 0.1) is 0 Å². The molecule has 0 saturated carbocycles. The number of hydrogen-bond donors (Lipinski definition) is 2. The van der Waals surface area contributed by atoms with Crippen LogP contribution in [0.25, 0.3) is 0 Å². The van der Waals surface area contributed by atoms with Crippen LogP contribution in [0.1, 0.15) is 116 Å². The fraction of sp³-hybridized carbons (Fsp3) is 0.778. The number of rotatable bonds is 22. The molecular weight excluding hydrogens is 398 g/mol. The summed E-state index contributed by atoms with van der Waals surface area (Å²) in [5, 5.41) is 9.26. The first kappa shape index (κ1) is 28.6. The summed E-state index contributed by atoms with van der Waals surface area (Å²) in [7, 11) is 0. The molecule has 3 N–H and O–H groups in total. The lowest BCUT2D eigenvalue weighted by atomic mass is 10.0. The summed E-state index contributed by atoms with van der Waals surface area (Å²) < 4.78 is 0.307. The van der Waals surface area contributed by atoms with Gasteiger partial charge in [-0.25, -0.2) is 14.3 Å². The van der Waals surface area contributed by atoms with Gasteiger partial charge in [0.25, 0.3) is 0 Å². The zero-order chi connectivity index (χ0) is 23.3. The molecule has 1 atom stereocenters. The minimum Gasteiger partial charge on any atom is -0.477 e. The Balaban J connectivity index is 1.93. The first-order valence-corrected chi connectivity index (χ1v) is 13.3. The molecule has 0 radical (unpaired) electrons. The summed E-state index contributed by atoms with van der Waals surface area (Å²) in [5.74, 6) is 0.165. The van der Waals surface area contributed by atoms with Gasteiger partial charge < -0.3 is 10.8 Å². The Hall–Kier alpha value is -1.46. The maximum absolute atomic E-state index is 11.3. The zero-order valence-electron chi connectivity index (χ0n) is 20.8. The molecule has 184 valence electrons. The van der Waals surface area contributed by atoms with Crippen LogP contribution in [0.2, 0.25) is 0 Å². The maximum Gasteiger partial charge on any atom is 0.360 e. The molecule has 1 rings (SSSR count). The summed E-state index contributed by atoms with van der Waals surface area (Å²) in [6.07, 6.45) is 30.3. The van der Waals surface area contributed by atoms with E-state index >= 15 is 0 Å². The third-order valence-corrected chi connectivity index (χ3v) is 6.45. The molecule has 1 heterocycles. The lowest BCUT2D eigenvalue weighted by Crippen LogP contribution is -2.52. The fourth-order valence-corrected chi connectivity index (χ4v) is 4.50. The standard InChI is InChI=1S/C27H49N3O2/c1-2-3-4-5-6-7-8-9-10-11-12-13-14-15-16-17-18-19-20-26-29-22-24-30(26,23-21-28)25-27(31)32/h5-6,22,24H,2-4,7-21,23,25,28H2,1H3/p+1/b6-5+. The smallest absolute Gasteiger partial charge is 0.360 e. The van der Waals surface area contributed by atoms with Crippen molar-refractivity contribution in [3.05, 3.63) is 24.6 Å². The predicted molar refractivity (Wildman–Crippen MR) is 137 cm³/mol. The van der Waals surface area contributed by atoms with Crippen LogP contribution in [0.15, 0.2) is 29.5 Å². The number of carbonyl (C=O) groups is 1. The Morgan fingerprint density at radius 3 is 1.97 bits per heavy atom. The van der Waals surface area contributed by atoms with Crippen LogP contribution in [0.4, 0.5) is 0 Å². The number of carboxylic acid groups (broad SMARTS) is 1. The minimum atomic E-state index is -0.798. The summed E-state index contributed by atoms with van der Waals surface area (Å²) in [5.41, 5.74) is 5.73. The highest BCUT2D eigenvalue weighted by atomic mass is 16.4. The van der Waals surface area contributed by atoms with Crippen LogP contribution in [0.3, 0.4) is 0 Å². The largest absolute Gasteiger partial charge is 0.477 e. The maximum atomic E-state index is 11.3. The number of nitrogens with zero attached hydrogens (tertiary/aromatic N) is 2. The highest BCUT2D eigenvalue weighted by molar-refractivity contribution is 5.81. The summed E-state index contributed by atoms with van der Waals surface area (Å²) in [4.78, 5) is 15.7. The normalized spacial score (nSPS) is 18.0. The van der Waals surface area contributed by atoms with Crippen molar-refractivity contribution in [3.63, 3.8) is 0 Å². The molecule has 5 nitrogen and oxygen atoms in total. The van der Waals surface area contributed by atoms with E-state index in [2.05, 4.69) is 24.1 Å². The number of amidine groups is 1. The van der Waals surface area contributed by atoms with Crippen molar-refractivity contribution in [3.8, 4) is 0 Å². The second kappa shape index (κ2) is 19.0. The van der Waals surface area contributed by atoms with Gasteiger partial charge in [-0.1, -0.05) is 96.1 Å². The zero-order valence-corrected chi connectivity index (χ0v) is 20.8. The number of hydrogen-bond acceptors (Lipinski definition) is 3. The van der Waals surface area contributed by atoms with Crippen molar-refractivity contribution in [1.29, 1.82) is 0 Å². The highest BCUT2D eigenvalue weighted by Crippen LogP contribution is 2.21. The summed E-state index contributed by atoms with van der Waals surface area (Å²) >= 11 is 0. The topological polar surface area (TPSA) is 75.7 Å². The molecule has 0 amide bonds. The molecule has 0 bridgehead atoms. The third kappa shape index (κ3) is 13.2. The van der Waals surface area contributed by atoms with E-state index < -0.39 is 5.97 Å². The number of allylic oxidation sites excluding steroid dienone is 2. The lowest BCUT2D eigenvalue weighted by Gasteiger charge is -2.30. The van der Waals surface area contributed by atoms with Gasteiger partial charge in [0.2, 0.25) is 5.84 Å². The van der Waals surface area contributed by atoms with E-state index in [1.165, 1.54) is 96.3 Å². The van der Waals surface area contributed by atoms with Gasteiger partial charge in [0, 0.05) is 13.0 Å². The van der Waals surface area contributed by atoms with Crippen LogP contribution in [-0.4, -0.2) is 41.0 Å². The quantitative estimate of drug-likeness (QED) is 0.107. The van der Waals surface area contributed by atoms with Gasteiger partial charge >= 0.3 is 5.97 Å². The summed E-state index contributed by atoms with van der Waals surface area (Å²) in [6, 6.07) is 0. The lowest BCUT2D eigenvalue weighted by molar-refractivity contribution is -0.778. The van der Waals surface area contributed by atoms with Crippen LogP contribution < -0.4 is 5.73 Å². The number of aliphatic imine (C=N–C) groups is 1. The molecule has 0 spiro atoms. The van der Waals surface area contributed by atoms with Crippen molar-refractivity contribution < 1.29 is 14.4 Å². The number of nitrogens with two attached hydrogens (primary N) is 1. The minimum absolute atomic E-state index is 0.0443. The van der Waals surface area contributed by atoms with Gasteiger partial charge in [0.1, 0.15) is 12.7 Å². The van der Waals surface area contributed by atoms with Crippen molar-refractivity contribution in [2.45, 2.75) is 116 Å². The Bertz CT molecular complexity index is 571. The molecule has 0 saturated heterocycles. The molecule has 0 aliphatic carbocycles. The average Bonchev–Trinajstić information content (AvgIpc) is 3.14. The number of carboxylic acids is 1. The Labute approximate surface area is 197 Å². The molecule has 0 fully saturated rings. The number of aliphatic carboxylic acids is 1. The van der Waals surface area contributed by atoms with Crippen molar-refractivity contribution in [2.24, 2.45) is 10.7 Å². The van der Waals surface area contributed by atoms with Gasteiger partial charge in [-0.3, -0.25) is 0 Å². The first-order valence-electron chi connectivity index (χ1n) is 13.3. The fourth-order valence-electron chi connectivity index (χ4n) is 4.50. The molecular formula is C27H50N3O2+. The van der Waals surface area contributed by atoms with E-state index in [0.29, 0.717) is 17.6 Å². The van der Waals surface area contributed by atoms with Gasteiger partial charge in [-0.05, 0) is 25.7 Å². The molecule has 5 heteroatoms. The van der Waals surface area contributed by atoms with E-state index in [1.807, 2.05) is 6.20 Å². The van der Waals surface area contributed by atoms with E-state index in [4.69, 9.17) is 5.73 Å². The Morgan fingerprint density at radius 2 is 1.44 bits per heavy atom. The molecule has 0 aromatic rings.